The molecule has 0 unspecified atom stereocenters. The Kier molecular flexibility index (Phi) is 4.52. The Hall–Kier alpha value is -1.58. The van der Waals surface area contributed by atoms with E-state index in [-0.39, 0.29) is 0 Å². The van der Waals surface area contributed by atoms with Gasteiger partial charge in [-0.05, 0) is 0 Å². The van der Waals surface area contributed by atoms with Gasteiger partial charge in [0.2, 0.25) is 6.10 Å². The Balaban J connectivity index is 3.53. The summed E-state index contributed by atoms with van der Waals surface area (Å²) in [6, 6.07) is 0. The van der Waals surface area contributed by atoms with Crippen molar-refractivity contribution in [2.24, 2.45) is 0 Å². The predicted octanol–water partition coefficient (Wildman–Crippen LogP) is 4.29. The fourth-order valence-electron chi connectivity index (χ4n) is 1.62. The van der Waals surface area contributed by atoms with Gasteiger partial charge in [-0.2, -0.15) is 65.9 Å². The molecule has 0 aliphatic heterocycles. The molecule has 17 heteroatoms. The second kappa shape index (κ2) is 5.24. The Morgan fingerprint density at radius 2 is 0.962 bits per heavy atom. The van der Waals surface area contributed by atoms with Crippen LogP contribution in [0, 0.1) is 0 Å². The van der Waals surface area contributed by atoms with Crippen molar-refractivity contribution in [1.29, 1.82) is 0 Å². The van der Waals surface area contributed by atoms with Gasteiger partial charge in [0, 0.05) is 0 Å². The molecule has 0 N–H and O–H groups in total. The van der Waals surface area contributed by atoms with E-state index in [4.69, 9.17) is 0 Å². The average Bonchev–Trinajstić information content (AvgIpc) is 2.40. The first-order valence-corrected chi connectivity index (χ1v) is 5.56. The lowest BCUT2D eigenvalue weighted by atomic mass is 9.80. The lowest BCUT2D eigenvalue weighted by Gasteiger charge is -2.48. The van der Waals surface area contributed by atoms with Gasteiger partial charge in [0.25, 0.3) is 0 Å². The molecule has 0 radical (unpaired) electrons. The predicted molar refractivity (Wildman–Crippen MR) is 45.6 cm³/mol. The molecule has 154 valence electrons. The Morgan fingerprint density at radius 3 is 1.23 bits per heavy atom. The van der Waals surface area contributed by atoms with Gasteiger partial charge in [0.15, 0.2) is 0 Å². The van der Waals surface area contributed by atoms with E-state index in [1.54, 1.807) is 0 Å². The highest BCUT2D eigenvalue weighted by Crippen LogP contribution is 2.65. The topological polar surface area (TPSA) is 26.3 Å². The quantitative estimate of drug-likeness (QED) is 0.487. The van der Waals surface area contributed by atoms with Crippen LogP contribution in [0.4, 0.5) is 65.9 Å². The van der Waals surface area contributed by atoms with Crippen LogP contribution in [0.15, 0.2) is 0 Å². The molecule has 0 saturated heterocycles. The van der Waals surface area contributed by atoms with Crippen LogP contribution in [-0.2, 0) is 9.53 Å². The molecule has 0 atom stereocenters. The number of rotatable bonds is 2. The van der Waals surface area contributed by atoms with Crippen LogP contribution in [0.2, 0.25) is 0 Å². The summed E-state index contributed by atoms with van der Waals surface area (Å²) in [5.41, 5.74) is 0. The van der Waals surface area contributed by atoms with Crippen molar-refractivity contribution in [3.8, 4) is 0 Å². The molecule has 0 aromatic heterocycles. The van der Waals surface area contributed by atoms with Crippen LogP contribution < -0.4 is 0 Å². The van der Waals surface area contributed by atoms with Crippen molar-refractivity contribution in [2.75, 3.05) is 0 Å². The first-order valence-electron chi connectivity index (χ1n) is 5.56. The minimum absolute atomic E-state index is 2.18. The van der Waals surface area contributed by atoms with E-state index in [2.05, 4.69) is 4.74 Å². The molecular formula is C9HF15O2. The van der Waals surface area contributed by atoms with Crippen LogP contribution in [0.1, 0.15) is 0 Å². The van der Waals surface area contributed by atoms with Gasteiger partial charge < -0.3 is 4.74 Å². The van der Waals surface area contributed by atoms with E-state index in [1.807, 2.05) is 0 Å². The molecule has 0 spiro atoms. The minimum Gasteiger partial charge on any atom is -0.444 e. The largest absolute Gasteiger partial charge is 0.465 e. The van der Waals surface area contributed by atoms with Crippen molar-refractivity contribution >= 4 is 5.97 Å². The van der Waals surface area contributed by atoms with Gasteiger partial charge in [-0.15, -0.1) is 0 Å². The monoisotopic (exact) mass is 426 g/mol. The van der Waals surface area contributed by atoms with Gasteiger partial charge in [-0.1, -0.05) is 0 Å². The van der Waals surface area contributed by atoms with Crippen molar-refractivity contribution in [2.45, 2.75) is 47.8 Å². The Bertz CT molecular complexity index is 558. The van der Waals surface area contributed by atoms with Crippen LogP contribution in [0.5, 0.6) is 0 Å². The number of carbonyl (C=O) groups is 1. The summed E-state index contributed by atoms with van der Waals surface area (Å²) in [5.74, 6) is -48.0. The molecule has 0 amide bonds. The van der Waals surface area contributed by atoms with E-state index >= 15 is 0 Å². The molecule has 1 saturated carbocycles. The van der Waals surface area contributed by atoms with Gasteiger partial charge in [-0.25, -0.2) is 4.79 Å². The first kappa shape index (κ1) is 22.5. The van der Waals surface area contributed by atoms with E-state index < -0.39 is 53.8 Å². The van der Waals surface area contributed by atoms with Crippen molar-refractivity contribution < 1.29 is 75.4 Å². The first-order chi connectivity index (χ1) is 11.0. The zero-order valence-corrected chi connectivity index (χ0v) is 11.1. The van der Waals surface area contributed by atoms with Crippen molar-refractivity contribution in [3.63, 3.8) is 0 Å². The third-order valence-electron chi connectivity index (χ3n) is 3.12. The SMILES string of the molecule is O=C(OC1C(F)(F)C(F)(F)C(F)(F)C(F)(F)C1(F)F)C(F)(F)C(F)(F)F. The van der Waals surface area contributed by atoms with Gasteiger partial charge in [0.1, 0.15) is 0 Å². The average molecular weight is 426 g/mol. The molecule has 26 heavy (non-hydrogen) atoms. The summed E-state index contributed by atoms with van der Waals surface area (Å²) >= 11 is 0. The van der Waals surface area contributed by atoms with E-state index in [0.717, 1.165) is 0 Å². The van der Waals surface area contributed by atoms with Crippen LogP contribution in [0.25, 0.3) is 0 Å². The van der Waals surface area contributed by atoms with Crippen LogP contribution in [0.3, 0.4) is 0 Å². The number of esters is 1. The molecule has 2 nitrogen and oxygen atoms in total. The molecule has 0 bridgehead atoms. The van der Waals surface area contributed by atoms with Gasteiger partial charge >= 0.3 is 47.7 Å². The summed E-state index contributed by atoms with van der Waals surface area (Å²) in [7, 11) is 0. The molecule has 1 rings (SSSR count). The maximum Gasteiger partial charge on any atom is 0.465 e. The van der Waals surface area contributed by atoms with Gasteiger partial charge in [0.05, 0.1) is 0 Å². The number of hydrogen-bond donors (Lipinski definition) is 0. The molecule has 1 aliphatic rings. The van der Waals surface area contributed by atoms with E-state index in [0.29, 0.717) is 0 Å². The highest BCUT2D eigenvalue weighted by molar-refractivity contribution is 5.79. The second-order valence-electron chi connectivity index (χ2n) is 4.83. The zero-order chi connectivity index (χ0) is 21.4. The molecule has 0 heterocycles. The smallest absolute Gasteiger partial charge is 0.444 e. The summed E-state index contributed by atoms with van der Waals surface area (Å²) in [4.78, 5) is 10.5. The number of carbonyl (C=O) groups excluding carboxylic acids is 1. The minimum atomic E-state index is -7.50. The van der Waals surface area contributed by atoms with Crippen LogP contribution in [-0.4, -0.2) is 53.8 Å². The Morgan fingerprint density at radius 1 is 0.654 bits per heavy atom. The Labute approximate surface area is 130 Å². The van der Waals surface area contributed by atoms with E-state index in [9.17, 15) is 70.7 Å². The molecule has 0 aromatic rings. The lowest BCUT2D eigenvalue weighted by molar-refractivity contribution is -0.470. The number of ether oxygens (including phenoxy) is 1. The zero-order valence-electron chi connectivity index (χ0n) is 11.1. The maximum absolute atomic E-state index is 13.2. The van der Waals surface area contributed by atoms with Gasteiger partial charge in [-0.3, -0.25) is 0 Å². The van der Waals surface area contributed by atoms with Crippen molar-refractivity contribution in [1.82, 2.24) is 0 Å². The number of halogens is 15. The van der Waals surface area contributed by atoms with Crippen LogP contribution >= 0.6 is 0 Å². The fourth-order valence-corrected chi connectivity index (χ4v) is 1.62. The van der Waals surface area contributed by atoms with E-state index in [1.165, 1.54) is 0 Å². The molecule has 1 aliphatic carbocycles. The number of alkyl halides is 15. The number of hydrogen-bond acceptors (Lipinski definition) is 2. The summed E-state index contributed by atoms with van der Waals surface area (Å²) in [6.07, 6.45) is -12.8. The molecule has 0 aromatic carbocycles. The summed E-state index contributed by atoms with van der Waals surface area (Å²) < 4.78 is 193. The highest BCUT2D eigenvalue weighted by atomic mass is 19.4. The highest BCUT2D eigenvalue weighted by Gasteiger charge is 2.96. The lowest BCUT2D eigenvalue weighted by Crippen LogP contribution is -2.80. The standard InChI is InChI=1S/C9HF15O2/c10-3(11)1(26-2(25)5(14,15)9(22,23)24)4(12,13)7(18,19)8(20,21)6(3,16)17/h1H. The normalized spacial score (nSPS) is 27.0. The van der Waals surface area contributed by atoms with Crippen molar-refractivity contribution in [3.05, 3.63) is 0 Å². The summed E-state index contributed by atoms with van der Waals surface area (Å²) in [6.45, 7) is 0. The fraction of sp³-hybridized carbons (Fsp3) is 0.889. The molecule has 1 fully saturated rings. The maximum atomic E-state index is 13.2. The summed E-state index contributed by atoms with van der Waals surface area (Å²) in [5, 5.41) is 0. The molecular weight excluding hydrogens is 425 g/mol. The third kappa shape index (κ3) is 2.40. The third-order valence-corrected chi connectivity index (χ3v) is 3.12. The second-order valence-corrected chi connectivity index (χ2v) is 4.83.